The average molecular weight is 474 g/mol. The number of nitrogens with one attached hydrogen (secondary N) is 2. The molecule has 178 valence electrons. The van der Waals surface area contributed by atoms with Gasteiger partial charge in [-0.15, -0.1) is 10.2 Å². The third-order valence-electron chi connectivity index (χ3n) is 4.92. The van der Waals surface area contributed by atoms with Gasteiger partial charge in [-0.2, -0.15) is 0 Å². The molecule has 2 amide bonds. The first kappa shape index (κ1) is 23.4. The lowest BCUT2D eigenvalue weighted by Gasteiger charge is -2.12. The maximum absolute atomic E-state index is 12.3. The van der Waals surface area contributed by atoms with E-state index in [0.717, 1.165) is 5.56 Å². The lowest BCUT2D eigenvalue weighted by Crippen LogP contribution is -2.28. The summed E-state index contributed by atoms with van der Waals surface area (Å²) in [5, 5.41) is 13.7. The van der Waals surface area contributed by atoms with Crippen LogP contribution in [0.3, 0.4) is 0 Å². The van der Waals surface area contributed by atoms with Gasteiger partial charge in [-0.25, -0.2) is 19.6 Å². The third kappa shape index (κ3) is 5.08. The van der Waals surface area contributed by atoms with Gasteiger partial charge >= 0.3 is 12.0 Å². The Bertz CT molecular complexity index is 1360. The fourth-order valence-corrected chi connectivity index (χ4v) is 3.30. The highest BCUT2D eigenvalue weighted by Gasteiger charge is 2.21. The molecular weight excluding hydrogens is 452 g/mol. The van der Waals surface area contributed by atoms with Gasteiger partial charge < -0.3 is 19.2 Å². The van der Waals surface area contributed by atoms with E-state index in [9.17, 15) is 9.59 Å². The number of aromatic nitrogens is 4. The number of methoxy groups -OCH3 is 2. The molecule has 0 aliphatic rings. The molecule has 0 radical (unpaired) electrons. The first-order chi connectivity index (χ1) is 17.0. The number of hydrogen-bond donors (Lipinski definition) is 2. The molecule has 4 rings (SSSR count). The smallest absolute Gasteiger partial charge is 0.343 e. The minimum absolute atomic E-state index is 0.119. The highest BCUT2D eigenvalue weighted by Crippen LogP contribution is 2.35. The fourth-order valence-electron chi connectivity index (χ4n) is 3.30. The van der Waals surface area contributed by atoms with Crippen molar-refractivity contribution >= 4 is 17.8 Å². The summed E-state index contributed by atoms with van der Waals surface area (Å²) in [5.41, 5.74) is 2.43. The topological polar surface area (TPSA) is 141 Å². The molecule has 3 heterocycles. The van der Waals surface area contributed by atoms with Crippen molar-refractivity contribution in [3.63, 3.8) is 0 Å². The molecule has 4 aromatic rings. The van der Waals surface area contributed by atoms with Crippen LogP contribution in [0.2, 0.25) is 0 Å². The normalized spacial score (nSPS) is 10.5. The predicted octanol–water partition coefficient (Wildman–Crippen LogP) is 3.80. The molecule has 1 aromatic carbocycles. The van der Waals surface area contributed by atoms with Gasteiger partial charge in [0, 0.05) is 35.6 Å². The van der Waals surface area contributed by atoms with Gasteiger partial charge in [0.15, 0.2) is 0 Å². The average Bonchev–Trinajstić information content (AvgIpc) is 3.39. The Hall–Kier alpha value is -4.80. The second-order valence-corrected chi connectivity index (χ2v) is 7.15. The number of ether oxygens (including phenoxy) is 2. The number of urea groups is 1. The van der Waals surface area contributed by atoms with Crippen LogP contribution >= 0.6 is 0 Å². The molecular formula is C24H22N6O5. The number of carbonyl (C=O) groups is 2. The van der Waals surface area contributed by atoms with Gasteiger partial charge in [0.2, 0.25) is 17.7 Å². The van der Waals surface area contributed by atoms with E-state index >= 15 is 0 Å². The van der Waals surface area contributed by atoms with Crippen LogP contribution in [0.4, 0.5) is 10.6 Å². The molecule has 0 unspecified atom stereocenters. The van der Waals surface area contributed by atoms with E-state index in [0.29, 0.717) is 29.1 Å². The second kappa shape index (κ2) is 10.4. The third-order valence-corrected chi connectivity index (χ3v) is 4.92. The molecule has 0 spiro atoms. The number of nitrogens with zero attached hydrogens (tertiary/aromatic N) is 4. The number of amides is 2. The van der Waals surface area contributed by atoms with Crippen molar-refractivity contribution in [2.45, 2.75) is 6.92 Å². The van der Waals surface area contributed by atoms with Crippen LogP contribution in [0.5, 0.6) is 5.88 Å². The summed E-state index contributed by atoms with van der Waals surface area (Å²) in [4.78, 5) is 32.9. The Morgan fingerprint density at radius 3 is 2.43 bits per heavy atom. The van der Waals surface area contributed by atoms with E-state index in [-0.39, 0.29) is 23.2 Å². The van der Waals surface area contributed by atoms with E-state index in [2.05, 4.69) is 30.8 Å². The van der Waals surface area contributed by atoms with Crippen molar-refractivity contribution in [2.75, 3.05) is 26.1 Å². The minimum atomic E-state index is -0.607. The van der Waals surface area contributed by atoms with Gasteiger partial charge in [-0.3, -0.25) is 5.32 Å². The summed E-state index contributed by atoms with van der Waals surface area (Å²) >= 11 is 0. The van der Waals surface area contributed by atoms with Crippen LogP contribution in [0.25, 0.3) is 34.0 Å². The molecule has 11 heteroatoms. The van der Waals surface area contributed by atoms with Crippen LogP contribution < -0.4 is 15.4 Å². The zero-order valence-corrected chi connectivity index (χ0v) is 19.2. The highest BCUT2D eigenvalue weighted by molar-refractivity contribution is 5.95. The lowest BCUT2D eigenvalue weighted by molar-refractivity contribution is 0.0596. The summed E-state index contributed by atoms with van der Waals surface area (Å²) < 4.78 is 16.0. The summed E-state index contributed by atoms with van der Waals surface area (Å²) in [6.07, 6.45) is 3.05. The van der Waals surface area contributed by atoms with Crippen molar-refractivity contribution in [3.8, 4) is 39.9 Å². The number of esters is 1. The SMILES string of the molecule is CCNC(=O)Nc1cc(-c2nnc(-c3ccccc3)o2)c(-c2cnc(OC)c(C(=O)OC)c2)cn1. The predicted molar refractivity (Wildman–Crippen MR) is 127 cm³/mol. The quantitative estimate of drug-likeness (QED) is 0.383. The molecule has 0 saturated carbocycles. The Morgan fingerprint density at radius 1 is 0.943 bits per heavy atom. The molecule has 0 aliphatic heterocycles. The summed E-state index contributed by atoms with van der Waals surface area (Å²) in [6.45, 7) is 2.26. The van der Waals surface area contributed by atoms with Gasteiger partial charge in [-0.1, -0.05) is 18.2 Å². The number of carbonyl (C=O) groups excluding carboxylic acids is 2. The molecule has 0 fully saturated rings. The van der Waals surface area contributed by atoms with Crippen LogP contribution in [0, 0.1) is 0 Å². The van der Waals surface area contributed by atoms with Gasteiger partial charge in [0.05, 0.1) is 19.8 Å². The summed E-state index contributed by atoms with van der Waals surface area (Å²) in [6, 6.07) is 12.1. The first-order valence-corrected chi connectivity index (χ1v) is 10.6. The van der Waals surface area contributed by atoms with Crippen molar-refractivity contribution in [1.82, 2.24) is 25.5 Å². The molecule has 3 aromatic heterocycles. The van der Waals surface area contributed by atoms with Crippen molar-refractivity contribution in [1.29, 1.82) is 0 Å². The first-order valence-electron chi connectivity index (χ1n) is 10.6. The number of hydrogen-bond acceptors (Lipinski definition) is 9. The monoisotopic (exact) mass is 474 g/mol. The molecule has 0 aliphatic carbocycles. The lowest BCUT2D eigenvalue weighted by atomic mass is 10.0. The number of anilines is 1. The zero-order chi connectivity index (χ0) is 24.8. The van der Waals surface area contributed by atoms with E-state index in [1.807, 2.05) is 30.3 Å². The van der Waals surface area contributed by atoms with Crippen LogP contribution in [0.15, 0.2) is 59.3 Å². The van der Waals surface area contributed by atoms with E-state index < -0.39 is 12.0 Å². The van der Waals surface area contributed by atoms with Gasteiger partial charge in [0.25, 0.3) is 0 Å². The van der Waals surface area contributed by atoms with Crippen molar-refractivity contribution in [2.24, 2.45) is 0 Å². The molecule has 0 atom stereocenters. The molecule has 11 nitrogen and oxygen atoms in total. The molecule has 0 saturated heterocycles. The van der Waals surface area contributed by atoms with Crippen molar-refractivity contribution < 1.29 is 23.5 Å². The largest absolute Gasteiger partial charge is 0.480 e. The van der Waals surface area contributed by atoms with E-state index in [4.69, 9.17) is 13.9 Å². The Labute approximate surface area is 200 Å². The Balaban J connectivity index is 1.83. The van der Waals surface area contributed by atoms with E-state index in [1.165, 1.54) is 26.6 Å². The second-order valence-electron chi connectivity index (χ2n) is 7.15. The number of pyridine rings is 2. The molecule has 2 N–H and O–H groups in total. The standard InChI is InChI=1S/C24H22N6O5/c1-4-25-24(32)28-19-11-16(22-30-29-20(35-22)14-8-6-5-7-9-14)18(13-26-19)15-10-17(23(31)34-3)21(33-2)27-12-15/h5-13H,4H2,1-3H3,(H2,25,26,28,32). The number of benzene rings is 1. The fraction of sp³-hybridized carbons (Fsp3) is 0.167. The summed E-state index contributed by atoms with van der Waals surface area (Å²) in [7, 11) is 2.68. The number of rotatable bonds is 7. The van der Waals surface area contributed by atoms with Crippen LogP contribution in [-0.2, 0) is 4.74 Å². The van der Waals surface area contributed by atoms with Crippen LogP contribution in [0.1, 0.15) is 17.3 Å². The minimum Gasteiger partial charge on any atom is -0.480 e. The maximum atomic E-state index is 12.3. The Morgan fingerprint density at radius 2 is 1.71 bits per heavy atom. The van der Waals surface area contributed by atoms with Crippen LogP contribution in [-0.4, -0.2) is 52.9 Å². The molecule has 35 heavy (non-hydrogen) atoms. The Kier molecular flexibility index (Phi) is 6.96. The van der Waals surface area contributed by atoms with Crippen molar-refractivity contribution in [3.05, 3.63) is 60.4 Å². The van der Waals surface area contributed by atoms with Gasteiger partial charge in [0.1, 0.15) is 11.4 Å². The zero-order valence-electron chi connectivity index (χ0n) is 19.2. The van der Waals surface area contributed by atoms with E-state index in [1.54, 1.807) is 19.1 Å². The maximum Gasteiger partial charge on any atom is 0.343 e. The summed E-state index contributed by atoms with van der Waals surface area (Å²) in [5.74, 6) is 0.294. The van der Waals surface area contributed by atoms with Gasteiger partial charge in [-0.05, 0) is 31.2 Å². The highest BCUT2D eigenvalue weighted by atomic mass is 16.5. The molecule has 0 bridgehead atoms.